The van der Waals surface area contributed by atoms with Crippen LogP contribution < -0.4 is 5.32 Å². The second-order valence-electron chi connectivity index (χ2n) is 3.51. The Kier molecular flexibility index (Phi) is 3.32. The molecule has 1 aromatic heterocycles. The molecule has 1 heterocycles. The number of rotatable bonds is 5. The summed E-state index contributed by atoms with van der Waals surface area (Å²) in [5, 5.41) is 20.1. The molecule has 2 rings (SSSR count). The lowest BCUT2D eigenvalue weighted by atomic mass is 10.1. The number of aromatic amines is 1. The Morgan fingerprint density at radius 3 is 3.20 bits per heavy atom. The third kappa shape index (κ3) is 2.34. The molecular formula is C11H15N3O. The first-order valence-electron chi connectivity index (χ1n) is 5.14. The lowest BCUT2D eigenvalue weighted by Crippen LogP contribution is -2.15. The fourth-order valence-electron chi connectivity index (χ4n) is 1.60. The van der Waals surface area contributed by atoms with E-state index >= 15 is 0 Å². The maximum absolute atomic E-state index is 8.65. The molecular weight excluding hydrogens is 190 g/mol. The predicted molar refractivity (Wildman–Crippen MR) is 59.5 cm³/mol. The summed E-state index contributed by atoms with van der Waals surface area (Å²) < 4.78 is 0. The van der Waals surface area contributed by atoms with Gasteiger partial charge in [0.25, 0.3) is 0 Å². The van der Waals surface area contributed by atoms with Gasteiger partial charge in [-0.05, 0) is 18.5 Å². The van der Waals surface area contributed by atoms with Gasteiger partial charge in [-0.25, -0.2) is 0 Å². The number of nitrogens with zero attached hydrogens (tertiary/aromatic N) is 1. The maximum atomic E-state index is 8.65. The number of H-pyrrole nitrogens is 1. The lowest BCUT2D eigenvalue weighted by molar-refractivity contribution is 0.286. The van der Waals surface area contributed by atoms with E-state index in [1.807, 2.05) is 18.3 Å². The normalized spacial score (nSPS) is 11.0. The average Bonchev–Trinajstić information content (AvgIpc) is 2.73. The van der Waals surface area contributed by atoms with Crippen molar-refractivity contribution in [2.45, 2.75) is 13.0 Å². The van der Waals surface area contributed by atoms with Gasteiger partial charge in [-0.3, -0.25) is 5.10 Å². The summed E-state index contributed by atoms with van der Waals surface area (Å²) in [6.07, 6.45) is 2.62. The van der Waals surface area contributed by atoms with E-state index in [0.717, 1.165) is 30.4 Å². The molecule has 1 aromatic carbocycles. The van der Waals surface area contributed by atoms with Gasteiger partial charge >= 0.3 is 0 Å². The molecule has 0 bridgehead atoms. The van der Waals surface area contributed by atoms with Crippen LogP contribution in [0.5, 0.6) is 0 Å². The van der Waals surface area contributed by atoms with Gasteiger partial charge in [0, 0.05) is 18.5 Å². The highest BCUT2D eigenvalue weighted by Crippen LogP contribution is 2.14. The van der Waals surface area contributed by atoms with Crippen molar-refractivity contribution < 1.29 is 5.11 Å². The second-order valence-corrected chi connectivity index (χ2v) is 3.51. The molecule has 2 aromatic rings. The number of fused-ring (bicyclic) bond motifs is 1. The number of aliphatic hydroxyl groups excluding tert-OH is 1. The van der Waals surface area contributed by atoms with E-state index in [1.54, 1.807) is 0 Å². The van der Waals surface area contributed by atoms with Crippen LogP contribution in [0.15, 0.2) is 24.4 Å². The Bertz CT molecular complexity index is 424. The number of hydrogen-bond acceptors (Lipinski definition) is 3. The zero-order valence-corrected chi connectivity index (χ0v) is 8.53. The molecule has 80 valence electrons. The van der Waals surface area contributed by atoms with Crippen molar-refractivity contribution in [3.05, 3.63) is 30.0 Å². The number of para-hydroxylation sites is 1. The van der Waals surface area contributed by atoms with Gasteiger partial charge in [-0.2, -0.15) is 5.10 Å². The minimum atomic E-state index is 0.237. The summed E-state index contributed by atoms with van der Waals surface area (Å²) in [6.45, 7) is 1.88. The molecule has 0 unspecified atom stereocenters. The second kappa shape index (κ2) is 4.91. The molecule has 0 aliphatic rings. The molecule has 0 aliphatic carbocycles. The van der Waals surface area contributed by atoms with Crippen molar-refractivity contribution in [2.75, 3.05) is 13.2 Å². The van der Waals surface area contributed by atoms with Gasteiger partial charge in [0.2, 0.25) is 0 Å². The molecule has 0 fully saturated rings. The van der Waals surface area contributed by atoms with Gasteiger partial charge < -0.3 is 10.4 Å². The van der Waals surface area contributed by atoms with E-state index in [2.05, 4.69) is 21.6 Å². The average molecular weight is 205 g/mol. The van der Waals surface area contributed by atoms with Crippen LogP contribution in [0.1, 0.15) is 12.0 Å². The fourth-order valence-corrected chi connectivity index (χ4v) is 1.60. The summed E-state index contributed by atoms with van der Waals surface area (Å²) in [4.78, 5) is 0. The molecule has 0 radical (unpaired) electrons. The lowest BCUT2D eigenvalue weighted by Gasteiger charge is -2.04. The topological polar surface area (TPSA) is 60.9 Å². The Labute approximate surface area is 88.3 Å². The summed E-state index contributed by atoms with van der Waals surface area (Å²) in [5.41, 5.74) is 2.30. The molecule has 3 N–H and O–H groups in total. The van der Waals surface area contributed by atoms with E-state index in [-0.39, 0.29) is 6.61 Å². The number of benzene rings is 1. The van der Waals surface area contributed by atoms with E-state index in [9.17, 15) is 0 Å². The van der Waals surface area contributed by atoms with E-state index in [1.165, 1.54) is 5.56 Å². The third-order valence-corrected chi connectivity index (χ3v) is 2.39. The quantitative estimate of drug-likeness (QED) is 0.639. The third-order valence-electron chi connectivity index (χ3n) is 2.39. The van der Waals surface area contributed by atoms with Gasteiger partial charge in [0.1, 0.15) is 0 Å². The van der Waals surface area contributed by atoms with Gasteiger partial charge in [0.15, 0.2) is 0 Å². The Balaban J connectivity index is 2.04. The monoisotopic (exact) mass is 205 g/mol. The van der Waals surface area contributed by atoms with Crippen molar-refractivity contribution in [2.24, 2.45) is 0 Å². The van der Waals surface area contributed by atoms with Crippen LogP contribution in [0, 0.1) is 0 Å². The maximum Gasteiger partial charge on any atom is 0.0695 e. The van der Waals surface area contributed by atoms with Crippen LogP contribution in [-0.4, -0.2) is 28.5 Å². The van der Waals surface area contributed by atoms with Crippen molar-refractivity contribution in [1.82, 2.24) is 15.5 Å². The van der Waals surface area contributed by atoms with Crippen LogP contribution in [0.4, 0.5) is 0 Å². The van der Waals surface area contributed by atoms with Crippen molar-refractivity contribution >= 4 is 10.9 Å². The summed E-state index contributed by atoms with van der Waals surface area (Å²) in [7, 11) is 0. The number of hydrogen-bond donors (Lipinski definition) is 3. The van der Waals surface area contributed by atoms with E-state index in [0.29, 0.717) is 0 Å². The molecule has 0 amide bonds. The standard InChI is InChI=1S/C11H15N3O/c15-6-2-5-12-7-9-3-1-4-10-8-13-14-11(9)10/h1,3-4,8,12,15H,2,5-7H2,(H,13,14). The minimum absolute atomic E-state index is 0.237. The molecule has 0 saturated heterocycles. The van der Waals surface area contributed by atoms with Gasteiger partial charge in [0.05, 0.1) is 11.7 Å². The molecule has 0 aliphatic heterocycles. The molecule has 15 heavy (non-hydrogen) atoms. The van der Waals surface area contributed by atoms with Crippen LogP contribution >= 0.6 is 0 Å². The van der Waals surface area contributed by atoms with Crippen LogP contribution in [-0.2, 0) is 6.54 Å². The number of nitrogens with one attached hydrogen (secondary N) is 2. The van der Waals surface area contributed by atoms with Crippen molar-refractivity contribution in [3.63, 3.8) is 0 Å². The molecule has 0 atom stereocenters. The smallest absolute Gasteiger partial charge is 0.0695 e. The first-order chi connectivity index (χ1) is 7.42. The Morgan fingerprint density at radius 1 is 1.40 bits per heavy atom. The SMILES string of the molecule is OCCCNCc1cccc2cn[nH]c12. The highest BCUT2D eigenvalue weighted by Gasteiger charge is 2.01. The van der Waals surface area contributed by atoms with Crippen molar-refractivity contribution in [1.29, 1.82) is 0 Å². The molecule has 4 nitrogen and oxygen atoms in total. The van der Waals surface area contributed by atoms with E-state index in [4.69, 9.17) is 5.11 Å². The molecule has 0 saturated carbocycles. The highest BCUT2D eigenvalue weighted by atomic mass is 16.3. The van der Waals surface area contributed by atoms with Gasteiger partial charge in [-0.15, -0.1) is 0 Å². The first-order valence-corrected chi connectivity index (χ1v) is 5.14. The number of aromatic nitrogens is 2. The van der Waals surface area contributed by atoms with E-state index < -0.39 is 0 Å². The van der Waals surface area contributed by atoms with Crippen LogP contribution in [0.2, 0.25) is 0 Å². The number of aliphatic hydroxyl groups is 1. The first kappa shape index (κ1) is 10.1. The van der Waals surface area contributed by atoms with Gasteiger partial charge in [-0.1, -0.05) is 18.2 Å². The minimum Gasteiger partial charge on any atom is -0.396 e. The van der Waals surface area contributed by atoms with Crippen LogP contribution in [0.25, 0.3) is 10.9 Å². The largest absolute Gasteiger partial charge is 0.396 e. The summed E-state index contributed by atoms with van der Waals surface area (Å²) in [6, 6.07) is 6.14. The fraction of sp³-hybridized carbons (Fsp3) is 0.364. The Hall–Kier alpha value is -1.39. The summed E-state index contributed by atoms with van der Waals surface area (Å²) >= 11 is 0. The zero-order valence-electron chi connectivity index (χ0n) is 8.53. The zero-order chi connectivity index (χ0) is 10.5. The molecule has 0 spiro atoms. The van der Waals surface area contributed by atoms with Crippen LogP contribution in [0.3, 0.4) is 0 Å². The summed E-state index contributed by atoms with van der Waals surface area (Å²) in [5.74, 6) is 0. The predicted octanol–water partition coefficient (Wildman–Crippen LogP) is 1.03. The molecule has 4 heteroatoms. The highest BCUT2D eigenvalue weighted by molar-refractivity contribution is 5.81. The van der Waals surface area contributed by atoms with Crippen molar-refractivity contribution in [3.8, 4) is 0 Å². The Morgan fingerprint density at radius 2 is 2.33 bits per heavy atom.